The van der Waals surface area contributed by atoms with Crippen LogP contribution in [0.25, 0.3) is 0 Å². The van der Waals surface area contributed by atoms with Crippen LogP contribution in [0.2, 0.25) is 0 Å². The van der Waals surface area contributed by atoms with Gasteiger partial charge in [0.1, 0.15) is 0 Å². The second-order valence-electron chi connectivity index (χ2n) is 4.97. The summed E-state index contributed by atoms with van der Waals surface area (Å²) in [6, 6.07) is 10.2. The minimum atomic E-state index is 0.196. The fourth-order valence-corrected chi connectivity index (χ4v) is 2.00. The Kier molecular flexibility index (Phi) is 4.76. The van der Waals surface area contributed by atoms with Crippen molar-refractivity contribution < 1.29 is 4.79 Å². The number of nitrogens with zero attached hydrogens (tertiary/aromatic N) is 1. The number of carbonyl (C=O) groups excluding carboxylic acids is 1. The Hall–Kier alpha value is -1.35. The zero-order valence-corrected chi connectivity index (χ0v) is 11.1. The molecule has 1 saturated carbocycles. The summed E-state index contributed by atoms with van der Waals surface area (Å²) >= 11 is 0. The van der Waals surface area contributed by atoms with E-state index in [1.807, 2.05) is 30.0 Å². The van der Waals surface area contributed by atoms with Gasteiger partial charge in [-0.3, -0.25) is 4.79 Å². The zero-order valence-electron chi connectivity index (χ0n) is 11.1. The lowest BCUT2D eigenvalue weighted by atomic mass is 10.2. The van der Waals surface area contributed by atoms with Crippen LogP contribution < -0.4 is 5.32 Å². The van der Waals surface area contributed by atoms with E-state index >= 15 is 0 Å². The molecule has 1 aromatic rings. The molecule has 1 aromatic carbocycles. The smallest absolute Gasteiger partial charge is 0.236 e. The van der Waals surface area contributed by atoms with Crippen LogP contribution in [0.3, 0.4) is 0 Å². The monoisotopic (exact) mass is 246 g/mol. The molecule has 1 aliphatic carbocycles. The van der Waals surface area contributed by atoms with Crippen LogP contribution in [0.4, 0.5) is 0 Å². The second kappa shape index (κ2) is 6.55. The molecule has 0 unspecified atom stereocenters. The van der Waals surface area contributed by atoms with Crippen molar-refractivity contribution in [3.8, 4) is 0 Å². The van der Waals surface area contributed by atoms with Crippen molar-refractivity contribution in [2.75, 3.05) is 19.6 Å². The number of amides is 1. The van der Waals surface area contributed by atoms with Gasteiger partial charge in [0.25, 0.3) is 0 Å². The molecule has 0 saturated heterocycles. The van der Waals surface area contributed by atoms with E-state index in [1.165, 1.54) is 18.4 Å². The zero-order chi connectivity index (χ0) is 12.8. The average molecular weight is 246 g/mol. The van der Waals surface area contributed by atoms with Crippen LogP contribution >= 0.6 is 0 Å². The first-order valence-corrected chi connectivity index (χ1v) is 6.82. The molecule has 2 rings (SSSR count). The van der Waals surface area contributed by atoms with Gasteiger partial charge in [0.2, 0.25) is 5.91 Å². The van der Waals surface area contributed by atoms with Crippen molar-refractivity contribution in [3.05, 3.63) is 35.9 Å². The Morgan fingerprint density at radius 2 is 2.06 bits per heavy atom. The third-order valence-electron chi connectivity index (χ3n) is 3.36. The van der Waals surface area contributed by atoms with Gasteiger partial charge in [-0.1, -0.05) is 30.3 Å². The minimum Gasteiger partial charge on any atom is -0.338 e. The third kappa shape index (κ3) is 4.15. The van der Waals surface area contributed by atoms with Crippen LogP contribution in [0.15, 0.2) is 30.3 Å². The lowest BCUT2D eigenvalue weighted by Crippen LogP contribution is -2.38. The lowest BCUT2D eigenvalue weighted by molar-refractivity contribution is -0.130. The van der Waals surface area contributed by atoms with Crippen molar-refractivity contribution in [2.24, 2.45) is 5.92 Å². The highest BCUT2D eigenvalue weighted by atomic mass is 16.2. The number of rotatable bonds is 7. The van der Waals surface area contributed by atoms with Crippen molar-refractivity contribution >= 4 is 5.91 Å². The molecule has 1 N–H and O–H groups in total. The van der Waals surface area contributed by atoms with Gasteiger partial charge in [-0.2, -0.15) is 0 Å². The summed E-state index contributed by atoms with van der Waals surface area (Å²) in [6.07, 6.45) is 2.64. The quantitative estimate of drug-likeness (QED) is 0.798. The van der Waals surface area contributed by atoms with Gasteiger partial charge < -0.3 is 10.2 Å². The molecule has 1 amide bonds. The first-order chi connectivity index (χ1) is 8.79. The van der Waals surface area contributed by atoms with Crippen LogP contribution in [0.5, 0.6) is 0 Å². The maximum Gasteiger partial charge on any atom is 0.236 e. The maximum atomic E-state index is 12.0. The molecule has 98 valence electrons. The number of carbonyl (C=O) groups is 1. The first kappa shape index (κ1) is 13.1. The van der Waals surface area contributed by atoms with Crippen LogP contribution in [-0.4, -0.2) is 30.4 Å². The molecule has 3 heteroatoms. The number of hydrogen-bond donors (Lipinski definition) is 1. The van der Waals surface area contributed by atoms with E-state index in [0.717, 1.165) is 19.0 Å². The highest BCUT2D eigenvalue weighted by Gasteiger charge is 2.21. The van der Waals surface area contributed by atoms with Crippen molar-refractivity contribution in [2.45, 2.75) is 26.3 Å². The van der Waals surface area contributed by atoms with Gasteiger partial charge in [0, 0.05) is 13.1 Å². The molecule has 0 radical (unpaired) electrons. The number of benzene rings is 1. The molecule has 1 aliphatic rings. The SMILES string of the molecule is CCN(Cc1ccccc1)C(=O)CNCC1CC1. The highest BCUT2D eigenvalue weighted by molar-refractivity contribution is 5.78. The van der Waals surface area contributed by atoms with Crippen LogP contribution in [0, 0.1) is 5.92 Å². The van der Waals surface area contributed by atoms with E-state index in [1.54, 1.807) is 0 Å². The number of hydrogen-bond acceptors (Lipinski definition) is 2. The van der Waals surface area contributed by atoms with Gasteiger partial charge in [-0.05, 0) is 37.8 Å². The van der Waals surface area contributed by atoms with Gasteiger partial charge in [0.05, 0.1) is 6.54 Å². The predicted molar refractivity (Wildman–Crippen MR) is 73.1 cm³/mol. The summed E-state index contributed by atoms with van der Waals surface area (Å²) in [4.78, 5) is 13.9. The number of nitrogens with one attached hydrogen (secondary N) is 1. The Balaban J connectivity index is 1.77. The van der Waals surface area contributed by atoms with Crippen molar-refractivity contribution in [1.29, 1.82) is 0 Å². The third-order valence-corrected chi connectivity index (χ3v) is 3.36. The maximum absolute atomic E-state index is 12.0. The standard InChI is InChI=1S/C15H22N2O/c1-2-17(12-14-6-4-3-5-7-14)15(18)11-16-10-13-8-9-13/h3-7,13,16H,2,8-12H2,1H3. The fourth-order valence-electron chi connectivity index (χ4n) is 2.00. The molecule has 0 heterocycles. The van der Waals surface area contributed by atoms with E-state index in [9.17, 15) is 4.79 Å². The van der Waals surface area contributed by atoms with E-state index in [-0.39, 0.29) is 5.91 Å². The molecule has 0 bridgehead atoms. The fraction of sp³-hybridized carbons (Fsp3) is 0.533. The van der Waals surface area contributed by atoms with E-state index in [4.69, 9.17) is 0 Å². The van der Waals surface area contributed by atoms with Crippen molar-refractivity contribution in [1.82, 2.24) is 10.2 Å². The summed E-state index contributed by atoms with van der Waals surface area (Å²) in [5, 5.41) is 3.26. The predicted octanol–water partition coefficient (Wildman–Crippen LogP) is 2.03. The second-order valence-corrected chi connectivity index (χ2v) is 4.97. The number of likely N-dealkylation sites (N-methyl/N-ethyl adjacent to an activating group) is 1. The molecular formula is C15H22N2O. The van der Waals surface area contributed by atoms with Gasteiger partial charge >= 0.3 is 0 Å². The molecule has 0 aliphatic heterocycles. The van der Waals surface area contributed by atoms with Crippen LogP contribution in [-0.2, 0) is 11.3 Å². The average Bonchev–Trinajstić information content (AvgIpc) is 3.21. The molecule has 0 atom stereocenters. The Morgan fingerprint density at radius 1 is 1.33 bits per heavy atom. The molecule has 1 fully saturated rings. The van der Waals surface area contributed by atoms with E-state index in [2.05, 4.69) is 17.4 Å². The molecule has 18 heavy (non-hydrogen) atoms. The summed E-state index contributed by atoms with van der Waals surface area (Å²) < 4.78 is 0. The Morgan fingerprint density at radius 3 is 2.67 bits per heavy atom. The molecule has 0 aromatic heterocycles. The Labute approximate surface area is 109 Å². The van der Waals surface area contributed by atoms with E-state index in [0.29, 0.717) is 13.1 Å². The largest absolute Gasteiger partial charge is 0.338 e. The van der Waals surface area contributed by atoms with Crippen molar-refractivity contribution in [3.63, 3.8) is 0 Å². The lowest BCUT2D eigenvalue weighted by Gasteiger charge is -2.21. The minimum absolute atomic E-state index is 0.196. The molecular weight excluding hydrogens is 224 g/mol. The normalized spacial score (nSPS) is 14.5. The molecule has 3 nitrogen and oxygen atoms in total. The van der Waals surface area contributed by atoms with Gasteiger partial charge in [-0.15, -0.1) is 0 Å². The summed E-state index contributed by atoms with van der Waals surface area (Å²) in [7, 11) is 0. The van der Waals surface area contributed by atoms with E-state index < -0.39 is 0 Å². The summed E-state index contributed by atoms with van der Waals surface area (Å²) in [5.41, 5.74) is 1.19. The van der Waals surface area contributed by atoms with Gasteiger partial charge in [0.15, 0.2) is 0 Å². The highest BCUT2D eigenvalue weighted by Crippen LogP contribution is 2.27. The Bertz CT molecular complexity index is 373. The summed E-state index contributed by atoms with van der Waals surface area (Å²) in [6.45, 7) is 4.97. The van der Waals surface area contributed by atoms with Gasteiger partial charge in [-0.25, -0.2) is 0 Å². The first-order valence-electron chi connectivity index (χ1n) is 6.82. The van der Waals surface area contributed by atoms with Crippen LogP contribution in [0.1, 0.15) is 25.3 Å². The topological polar surface area (TPSA) is 32.3 Å². The summed E-state index contributed by atoms with van der Waals surface area (Å²) in [5.74, 6) is 1.02. The molecule has 0 spiro atoms.